The van der Waals surface area contributed by atoms with Gasteiger partial charge < -0.3 is 13.7 Å². The fourth-order valence-corrected chi connectivity index (χ4v) is 5.23. The molecule has 208 valence electrons. The molecule has 3 aromatic carbocycles. The number of esters is 1. The molecule has 0 fully saturated rings. The Morgan fingerprint density at radius 3 is 2.03 bits per heavy atom. The molecule has 0 saturated heterocycles. The molecule has 0 heterocycles. The monoisotopic (exact) mass is 548 g/mol. The van der Waals surface area contributed by atoms with Gasteiger partial charge in [-0.15, -0.1) is 0 Å². The van der Waals surface area contributed by atoms with Crippen LogP contribution in [0.4, 0.5) is 0 Å². The van der Waals surface area contributed by atoms with Crippen molar-refractivity contribution >= 4 is 24.0 Å². The number of carbonyl (C=O) groups is 2. The molecule has 0 amide bonds. The number of aryl methyl sites for hydroxylation is 3. The van der Waals surface area contributed by atoms with Gasteiger partial charge in [0.15, 0.2) is 0 Å². The van der Waals surface area contributed by atoms with Crippen LogP contribution in [0.25, 0.3) is 0 Å². The molecular weight excluding hydrogens is 508 g/mol. The number of unbranched alkanes of at least 4 members (excludes halogenated alkanes) is 5. The van der Waals surface area contributed by atoms with Gasteiger partial charge in [0.25, 0.3) is 0 Å². The zero-order valence-electron chi connectivity index (χ0n) is 23.2. The number of methoxy groups -OCH3 is 2. The lowest BCUT2D eigenvalue weighted by Gasteiger charge is -2.11. The van der Waals surface area contributed by atoms with Crippen LogP contribution in [0.2, 0.25) is 0 Å². The second-order valence-corrected chi connectivity index (χ2v) is 10.3. The molecule has 0 unspecified atom stereocenters. The number of benzene rings is 3. The van der Waals surface area contributed by atoms with E-state index in [0.29, 0.717) is 29.9 Å². The third-order valence-corrected chi connectivity index (χ3v) is 7.53. The van der Waals surface area contributed by atoms with Crippen LogP contribution in [0.3, 0.4) is 0 Å². The fourth-order valence-electron chi connectivity index (χ4n) is 4.59. The standard InChI is InChI=1S/C33H40O5S/c1-36-31-24-29(33(35)37-2)20-21-30(31)25-39-38-32(34)23-22-28-19-13-12-18-27(28)17-11-6-4-3-5-8-14-26-15-9-7-10-16-26/h7,9-10,12-13,15-16,18-21,24H,3-6,8,11,14,17,22-23,25H2,1-2H3. The Morgan fingerprint density at radius 2 is 1.33 bits per heavy atom. The van der Waals surface area contributed by atoms with E-state index >= 15 is 0 Å². The van der Waals surface area contributed by atoms with Crippen LogP contribution in [-0.4, -0.2) is 26.2 Å². The van der Waals surface area contributed by atoms with Crippen molar-refractivity contribution in [2.75, 3.05) is 14.2 Å². The Labute approximate surface area is 237 Å². The molecule has 0 aromatic heterocycles. The maximum absolute atomic E-state index is 12.4. The molecule has 0 radical (unpaired) electrons. The van der Waals surface area contributed by atoms with Gasteiger partial charge in [0.1, 0.15) is 5.75 Å². The van der Waals surface area contributed by atoms with E-state index in [4.69, 9.17) is 13.7 Å². The quantitative estimate of drug-likeness (QED) is 0.0970. The second kappa shape index (κ2) is 17.4. The van der Waals surface area contributed by atoms with Gasteiger partial charge in [-0.1, -0.05) is 86.3 Å². The summed E-state index contributed by atoms with van der Waals surface area (Å²) in [5.41, 5.74) is 5.24. The number of ether oxygens (including phenoxy) is 2. The largest absolute Gasteiger partial charge is 0.496 e. The van der Waals surface area contributed by atoms with E-state index < -0.39 is 5.97 Å². The third-order valence-electron chi connectivity index (χ3n) is 6.80. The topological polar surface area (TPSA) is 61.8 Å². The van der Waals surface area contributed by atoms with Crippen molar-refractivity contribution in [3.8, 4) is 5.75 Å². The van der Waals surface area contributed by atoms with E-state index in [1.165, 1.54) is 68.7 Å². The number of carbonyl (C=O) groups excluding carboxylic acids is 2. The highest BCUT2D eigenvalue weighted by Crippen LogP contribution is 2.26. The Hall–Kier alpha value is -3.25. The Morgan fingerprint density at radius 1 is 0.692 bits per heavy atom. The first-order chi connectivity index (χ1) is 19.1. The van der Waals surface area contributed by atoms with E-state index in [-0.39, 0.29) is 5.97 Å². The summed E-state index contributed by atoms with van der Waals surface area (Å²) in [6.07, 6.45) is 10.8. The predicted octanol–water partition coefficient (Wildman–Crippen LogP) is 7.93. The summed E-state index contributed by atoms with van der Waals surface area (Å²) in [5, 5.41) is 0. The molecular formula is C33H40O5S. The molecule has 3 rings (SSSR count). The first-order valence-electron chi connectivity index (χ1n) is 13.8. The van der Waals surface area contributed by atoms with Crippen molar-refractivity contribution < 1.29 is 23.2 Å². The first kappa shape index (κ1) is 30.3. The average Bonchev–Trinajstić information content (AvgIpc) is 2.98. The molecule has 0 aliphatic carbocycles. The van der Waals surface area contributed by atoms with Crippen molar-refractivity contribution in [3.05, 3.63) is 101 Å². The molecule has 5 nitrogen and oxygen atoms in total. The second-order valence-electron chi connectivity index (χ2n) is 9.61. The van der Waals surface area contributed by atoms with Crippen LogP contribution in [0.15, 0.2) is 72.8 Å². The van der Waals surface area contributed by atoms with Gasteiger partial charge in [0, 0.05) is 5.56 Å². The van der Waals surface area contributed by atoms with Crippen LogP contribution in [0, 0.1) is 0 Å². The lowest BCUT2D eigenvalue weighted by molar-refractivity contribution is -0.133. The highest BCUT2D eigenvalue weighted by molar-refractivity contribution is 7.94. The summed E-state index contributed by atoms with van der Waals surface area (Å²) in [7, 11) is 2.88. The van der Waals surface area contributed by atoms with Crippen LogP contribution < -0.4 is 4.74 Å². The van der Waals surface area contributed by atoms with E-state index in [1.807, 2.05) is 6.07 Å². The molecule has 0 atom stereocenters. The molecule has 0 aliphatic rings. The van der Waals surface area contributed by atoms with Crippen molar-refractivity contribution in [1.82, 2.24) is 0 Å². The lowest BCUT2D eigenvalue weighted by Crippen LogP contribution is -2.04. The molecule has 0 spiro atoms. The van der Waals surface area contributed by atoms with Crippen LogP contribution in [-0.2, 0) is 38.7 Å². The van der Waals surface area contributed by atoms with Gasteiger partial charge in [-0.25, -0.2) is 4.79 Å². The SMILES string of the molecule is COC(=O)c1ccc(CSOC(=O)CCc2ccccc2CCCCCCCCc2ccccc2)c(OC)c1. The lowest BCUT2D eigenvalue weighted by atomic mass is 9.97. The average molecular weight is 549 g/mol. The first-order valence-corrected chi connectivity index (χ1v) is 14.7. The fraction of sp³-hybridized carbons (Fsp3) is 0.394. The molecule has 3 aromatic rings. The summed E-state index contributed by atoms with van der Waals surface area (Å²) in [4.78, 5) is 24.1. The number of rotatable bonds is 17. The predicted molar refractivity (Wildman–Crippen MR) is 158 cm³/mol. The number of hydrogen-bond donors (Lipinski definition) is 0. The van der Waals surface area contributed by atoms with Crippen molar-refractivity contribution in [3.63, 3.8) is 0 Å². The Bertz CT molecular complexity index is 1160. The van der Waals surface area contributed by atoms with Gasteiger partial charge in [-0.3, -0.25) is 4.79 Å². The normalized spacial score (nSPS) is 10.7. The summed E-state index contributed by atoms with van der Waals surface area (Å²) >= 11 is 1.08. The van der Waals surface area contributed by atoms with Crippen LogP contribution in [0.1, 0.15) is 77.6 Å². The van der Waals surface area contributed by atoms with Gasteiger partial charge in [-0.05, 0) is 60.9 Å². The van der Waals surface area contributed by atoms with Crippen molar-refractivity contribution in [1.29, 1.82) is 0 Å². The molecule has 0 N–H and O–H groups in total. The maximum Gasteiger partial charge on any atom is 0.337 e. The van der Waals surface area contributed by atoms with Crippen molar-refractivity contribution in [2.45, 2.75) is 70.0 Å². The highest BCUT2D eigenvalue weighted by atomic mass is 32.2. The summed E-state index contributed by atoms with van der Waals surface area (Å²) in [6, 6.07) is 24.2. The maximum atomic E-state index is 12.4. The van der Waals surface area contributed by atoms with Gasteiger partial charge in [0.2, 0.25) is 0 Å². The summed E-state index contributed by atoms with van der Waals surface area (Å²) in [6.45, 7) is 0. The minimum absolute atomic E-state index is 0.240. The summed E-state index contributed by atoms with van der Waals surface area (Å²) < 4.78 is 15.5. The zero-order valence-corrected chi connectivity index (χ0v) is 24.0. The summed E-state index contributed by atoms with van der Waals surface area (Å²) in [5.74, 6) is 0.325. The number of hydrogen-bond acceptors (Lipinski definition) is 6. The van der Waals surface area contributed by atoms with Gasteiger partial charge in [-0.2, -0.15) is 0 Å². The minimum atomic E-state index is -0.422. The molecule has 6 heteroatoms. The van der Waals surface area contributed by atoms with Crippen LogP contribution in [0.5, 0.6) is 5.75 Å². The third kappa shape index (κ3) is 10.8. The molecule has 0 bridgehead atoms. The van der Waals surface area contributed by atoms with Crippen molar-refractivity contribution in [2.24, 2.45) is 0 Å². The van der Waals surface area contributed by atoms with Crippen LogP contribution >= 0.6 is 12.0 Å². The zero-order chi connectivity index (χ0) is 27.7. The van der Waals surface area contributed by atoms with E-state index in [9.17, 15) is 9.59 Å². The molecule has 0 saturated carbocycles. The van der Waals surface area contributed by atoms with E-state index in [1.54, 1.807) is 25.3 Å². The minimum Gasteiger partial charge on any atom is -0.496 e. The van der Waals surface area contributed by atoms with Gasteiger partial charge in [0.05, 0.1) is 44.0 Å². The molecule has 39 heavy (non-hydrogen) atoms. The van der Waals surface area contributed by atoms with E-state index in [0.717, 1.165) is 24.0 Å². The van der Waals surface area contributed by atoms with E-state index in [2.05, 4.69) is 48.5 Å². The highest BCUT2D eigenvalue weighted by Gasteiger charge is 2.13. The Kier molecular flexibility index (Phi) is 13.5. The molecule has 0 aliphatic heterocycles. The Balaban J connectivity index is 1.32. The smallest absolute Gasteiger partial charge is 0.337 e. The van der Waals surface area contributed by atoms with Gasteiger partial charge >= 0.3 is 11.9 Å².